The van der Waals surface area contributed by atoms with E-state index in [0.717, 1.165) is 23.1 Å². The molecule has 0 radical (unpaired) electrons. The van der Waals surface area contributed by atoms with Crippen molar-refractivity contribution in [3.05, 3.63) is 48.4 Å². The fourth-order valence-corrected chi connectivity index (χ4v) is 2.70. The van der Waals surface area contributed by atoms with E-state index in [0.29, 0.717) is 16.7 Å². The standard InChI is InChI=1S/C17H17N5O4S/c1-25-12-6-4-11(5-7-12)15-20-17(22-21-15)27-10-14(23)19-16(24)18-9-13-3-2-8-26-13/h2-8H,9-10H2,1H3,(H,20,21,22)(H2,18,19,23,24). The van der Waals surface area contributed by atoms with Crippen LogP contribution in [-0.2, 0) is 11.3 Å². The van der Waals surface area contributed by atoms with Crippen LogP contribution in [0.15, 0.2) is 52.2 Å². The molecular formula is C17H17N5O4S. The van der Waals surface area contributed by atoms with Gasteiger partial charge in [-0.3, -0.25) is 15.2 Å². The zero-order valence-electron chi connectivity index (χ0n) is 14.4. The molecule has 0 fully saturated rings. The fraction of sp³-hybridized carbons (Fsp3) is 0.176. The molecular weight excluding hydrogens is 370 g/mol. The Hall–Kier alpha value is -3.27. The van der Waals surface area contributed by atoms with Gasteiger partial charge in [0.05, 0.1) is 25.7 Å². The van der Waals surface area contributed by atoms with Crippen molar-refractivity contribution in [3.8, 4) is 17.1 Å². The SMILES string of the molecule is COc1ccc(-c2nc(SCC(=O)NC(=O)NCc3ccco3)n[nH]2)cc1. The molecule has 0 saturated heterocycles. The van der Waals surface area contributed by atoms with Crippen molar-refractivity contribution in [3.63, 3.8) is 0 Å². The first kappa shape index (κ1) is 18.5. The van der Waals surface area contributed by atoms with Crippen molar-refractivity contribution in [2.24, 2.45) is 0 Å². The first-order valence-corrected chi connectivity index (χ1v) is 8.92. The molecule has 0 atom stereocenters. The molecule has 10 heteroatoms. The Labute approximate surface area is 158 Å². The lowest BCUT2D eigenvalue weighted by Crippen LogP contribution is -2.39. The Bertz CT molecular complexity index is 892. The van der Waals surface area contributed by atoms with E-state index < -0.39 is 11.9 Å². The molecule has 3 amide bonds. The minimum absolute atomic E-state index is 0.00801. The van der Waals surface area contributed by atoms with E-state index in [-0.39, 0.29) is 12.3 Å². The highest BCUT2D eigenvalue weighted by Crippen LogP contribution is 2.21. The van der Waals surface area contributed by atoms with Gasteiger partial charge in [-0.25, -0.2) is 9.78 Å². The summed E-state index contributed by atoms with van der Waals surface area (Å²) in [5, 5.41) is 12.0. The Morgan fingerprint density at radius 1 is 1.26 bits per heavy atom. The summed E-state index contributed by atoms with van der Waals surface area (Å²) in [4.78, 5) is 27.8. The number of carbonyl (C=O) groups excluding carboxylic acids is 2. The van der Waals surface area contributed by atoms with Crippen LogP contribution < -0.4 is 15.4 Å². The van der Waals surface area contributed by atoms with E-state index in [9.17, 15) is 9.59 Å². The average molecular weight is 387 g/mol. The number of ether oxygens (including phenoxy) is 1. The third kappa shape index (κ3) is 5.35. The minimum Gasteiger partial charge on any atom is -0.497 e. The second-order valence-electron chi connectivity index (χ2n) is 5.29. The molecule has 140 valence electrons. The van der Waals surface area contributed by atoms with E-state index in [1.807, 2.05) is 24.3 Å². The maximum atomic E-state index is 11.8. The van der Waals surface area contributed by atoms with Gasteiger partial charge in [-0.2, -0.15) is 0 Å². The van der Waals surface area contributed by atoms with E-state index in [1.165, 1.54) is 6.26 Å². The Morgan fingerprint density at radius 3 is 2.78 bits per heavy atom. The number of imide groups is 1. The summed E-state index contributed by atoms with van der Waals surface area (Å²) in [6.45, 7) is 0.200. The Morgan fingerprint density at radius 2 is 2.07 bits per heavy atom. The number of nitrogens with one attached hydrogen (secondary N) is 3. The van der Waals surface area contributed by atoms with Crippen LogP contribution in [0.5, 0.6) is 5.75 Å². The summed E-state index contributed by atoms with van der Waals surface area (Å²) in [6.07, 6.45) is 1.51. The summed E-state index contributed by atoms with van der Waals surface area (Å²) in [7, 11) is 1.60. The number of urea groups is 1. The van der Waals surface area contributed by atoms with E-state index in [4.69, 9.17) is 9.15 Å². The summed E-state index contributed by atoms with van der Waals surface area (Å²) < 4.78 is 10.2. The van der Waals surface area contributed by atoms with Gasteiger partial charge in [0.1, 0.15) is 11.5 Å². The monoisotopic (exact) mass is 387 g/mol. The first-order chi connectivity index (χ1) is 13.1. The number of thioether (sulfide) groups is 1. The molecule has 3 N–H and O–H groups in total. The highest BCUT2D eigenvalue weighted by Gasteiger charge is 2.11. The average Bonchev–Trinajstić information content (AvgIpc) is 3.37. The molecule has 3 aromatic rings. The molecule has 0 aliphatic heterocycles. The molecule has 0 unspecified atom stereocenters. The molecule has 0 aliphatic rings. The number of aromatic amines is 1. The molecule has 1 aromatic carbocycles. The van der Waals surface area contributed by atoms with Crippen LogP contribution >= 0.6 is 11.8 Å². The van der Waals surface area contributed by atoms with Crippen molar-refractivity contribution in [2.45, 2.75) is 11.7 Å². The highest BCUT2D eigenvalue weighted by atomic mass is 32.2. The zero-order chi connectivity index (χ0) is 19.1. The van der Waals surface area contributed by atoms with Crippen LogP contribution in [-0.4, -0.2) is 40.0 Å². The van der Waals surface area contributed by atoms with Crippen molar-refractivity contribution >= 4 is 23.7 Å². The molecule has 0 spiro atoms. The predicted molar refractivity (Wildman–Crippen MR) is 98.2 cm³/mol. The van der Waals surface area contributed by atoms with Gasteiger partial charge in [-0.1, -0.05) is 11.8 Å². The maximum Gasteiger partial charge on any atom is 0.321 e. The summed E-state index contributed by atoms with van der Waals surface area (Å²) in [5.74, 6) is 1.48. The summed E-state index contributed by atoms with van der Waals surface area (Å²) in [5.41, 5.74) is 0.844. The number of hydrogen-bond acceptors (Lipinski definition) is 7. The number of rotatable bonds is 7. The second kappa shape index (κ2) is 8.90. The molecule has 2 aromatic heterocycles. The Kier molecular flexibility index (Phi) is 6.10. The number of methoxy groups -OCH3 is 1. The first-order valence-electron chi connectivity index (χ1n) is 7.94. The molecule has 0 saturated carbocycles. The molecule has 2 heterocycles. The summed E-state index contributed by atoms with van der Waals surface area (Å²) >= 11 is 1.12. The molecule has 27 heavy (non-hydrogen) atoms. The van der Waals surface area contributed by atoms with Crippen LogP contribution in [0.25, 0.3) is 11.4 Å². The smallest absolute Gasteiger partial charge is 0.321 e. The second-order valence-corrected chi connectivity index (χ2v) is 6.24. The van der Waals surface area contributed by atoms with E-state index >= 15 is 0 Å². The molecule has 0 aliphatic carbocycles. The van der Waals surface area contributed by atoms with Crippen molar-refractivity contribution in [2.75, 3.05) is 12.9 Å². The van der Waals surface area contributed by atoms with Crippen molar-refractivity contribution in [1.29, 1.82) is 0 Å². The predicted octanol–water partition coefficient (Wildman–Crippen LogP) is 2.19. The minimum atomic E-state index is -0.592. The normalized spacial score (nSPS) is 10.4. The van der Waals surface area contributed by atoms with Gasteiger partial charge >= 0.3 is 6.03 Å². The molecule has 0 bridgehead atoms. The van der Waals surface area contributed by atoms with Gasteiger partial charge < -0.3 is 14.5 Å². The van der Waals surface area contributed by atoms with Gasteiger partial charge in [0.2, 0.25) is 11.1 Å². The highest BCUT2D eigenvalue weighted by molar-refractivity contribution is 7.99. The largest absolute Gasteiger partial charge is 0.497 e. The quantitative estimate of drug-likeness (QED) is 0.531. The number of H-pyrrole nitrogens is 1. The number of hydrogen-bond donors (Lipinski definition) is 3. The Balaban J connectivity index is 1.44. The van der Waals surface area contributed by atoms with Gasteiger partial charge in [0.15, 0.2) is 5.82 Å². The van der Waals surface area contributed by atoms with Crippen molar-refractivity contribution in [1.82, 2.24) is 25.8 Å². The van der Waals surface area contributed by atoms with Crippen LogP contribution in [0, 0.1) is 0 Å². The van der Waals surface area contributed by atoms with Crippen LogP contribution in [0.3, 0.4) is 0 Å². The van der Waals surface area contributed by atoms with Gasteiger partial charge in [0, 0.05) is 5.56 Å². The van der Waals surface area contributed by atoms with Crippen molar-refractivity contribution < 1.29 is 18.7 Å². The number of aromatic nitrogens is 3. The van der Waals surface area contributed by atoms with E-state index in [2.05, 4.69) is 25.8 Å². The lowest BCUT2D eigenvalue weighted by atomic mass is 10.2. The molecule has 9 nitrogen and oxygen atoms in total. The lowest BCUT2D eigenvalue weighted by molar-refractivity contribution is -0.117. The van der Waals surface area contributed by atoms with Crippen LogP contribution in [0.2, 0.25) is 0 Å². The lowest BCUT2D eigenvalue weighted by Gasteiger charge is -2.04. The van der Waals surface area contributed by atoms with Gasteiger partial charge in [-0.15, -0.1) is 5.10 Å². The molecule has 3 rings (SSSR count). The number of benzene rings is 1. The number of amides is 3. The van der Waals surface area contributed by atoms with Crippen LogP contribution in [0.4, 0.5) is 4.79 Å². The van der Waals surface area contributed by atoms with Gasteiger partial charge in [0.25, 0.3) is 0 Å². The number of nitrogens with zero attached hydrogens (tertiary/aromatic N) is 2. The fourth-order valence-electron chi connectivity index (χ4n) is 2.11. The topological polar surface area (TPSA) is 122 Å². The van der Waals surface area contributed by atoms with Crippen LogP contribution in [0.1, 0.15) is 5.76 Å². The zero-order valence-corrected chi connectivity index (χ0v) is 15.2. The van der Waals surface area contributed by atoms with E-state index in [1.54, 1.807) is 19.2 Å². The van der Waals surface area contributed by atoms with Gasteiger partial charge in [-0.05, 0) is 36.4 Å². The number of furan rings is 1. The third-order valence-corrected chi connectivity index (χ3v) is 4.26. The third-order valence-electron chi connectivity index (χ3n) is 3.42. The summed E-state index contributed by atoms with van der Waals surface area (Å²) in [6, 6.07) is 10.2. The number of carbonyl (C=O) groups is 2. The maximum absolute atomic E-state index is 11.8.